The van der Waals surface area contributed by atoms with Crippen LogP contribution in [0.4, 0.5) is 0 Å². The Kier molecular flexibility index (Phi) is 9.92. The molecular weight excluding hydrogens is 204 g/mol. The first kappa shape index (κ1) is 15.8. The molecule has 0 aromatic carbocycles. The Balaban J connectivity index is 4.26. The van der Waals surface area contributed by atoms with Crippen LogP contribution in [0.2, 0.25) is 0 Å². The SMILES string of the molecule is CNCC(COC)N(CCOC)CC(C)C. The molecule has 0 aliphatic rings. The molecular formula is C12H28N2O2. The maximum absolute atomic E-state index is 5.28. The topological polar surface area (TPSA) is 33.7 Å². The van der Waals surface area contributed by atoms with Crippen LogP contribution in [0.15, 0.2) is 0 Å². The summed E-state index contributed by atoms with van der Waals surface area (Å²) in [6.07, 6.45) is 0. The zero-order valence-electron chi connectivity index (χ0n) is 11.5. The van der Waals surface area contributed by atoms with E-state index in [2.05, 4.69) is 24.1 Å². The molecule has 1 atom stereocenters. The van der Waals surface area contributed by atoms with Gasteiger partial charge in [-0.1, -0.05) is 13.8 Å². The van der Waals surface area contributed by atoms with E-state index in [1.165, 1.54) is 0 Å². The van der Waals surface area contributed by atoms with Gasteiger partial charge in [0.25, 0.3) is 0 Å². The van der Waals surface area contributed by atoms with Crippen LogP contribution in [0.25, 0.3) is 0 Å². The summed E-state index contributed by atoms with van der Waals surface area (Å²) in [7, 11) is 5.48. The van der Waals surface area contributed by atoms with Gasteiger partial charge in [0, 0.05) is 39.9 Å². The minimum absolute atomic E-state index is 0.424. The third-order valence-electron chi connectivity index (χ3n) is 2.50. The molecule has 0 rings (SSSR count). The Morgan fingerprint density at radius 3 is 2.31 bits per heavy atom. The van der Waals surface area contributed by atoms with Gasteiger partial charge < -0.3 is 14.8 Å². The molecule has 16 heavy (non-hydrogen) atoms. The molecule has 4 heteroatoms. The van der Waals surface area contributed by atoms with Gasteiger partial charge >= 0.3 is 0 Å². The van der Waals surface area contributed by atoms with E-state index in [1.54, 1.807) is 14.2 Å². The molecule has 0 aromatic heterocycles. The molecule has 0 radical (unpaired) electrons. The highest BCUT2D eigenvalue weighted by Gasteiger charge is 2.18. The molecule has 4 nitrogen and oxygen atoms in total. The summed E-state index contributed by atoms with van der Waals surface area (Å²) >= 11 is 0. The van der Waals surface area contributed by atoms with Gasteiger partial charge in [-0.3, -0.25) is 4.90 Å². The molecule has 0 heterocycles. The second-order valence-corrected chi connectivity index (χ2v) is 4.55. The summed E-state index contributed by atoms with van der Waals surface area (Å²) in [6, 6.07) is 0.424. The van der Waals surface area contributed by atoms with Gasteiger partial charge in [0.2, 0.25) is 0 Å². The van der Waals surface area contributed by atoms with E-state index in [-0.39, 0.29) is 0 Å². The lowest BCUT2D eigenvalue weighted by molar-refractivity contribution is 0.0608. The maximum Gasteiger partial charge on any atom is 0.0630 e. The lowest BCUT2D eigenvalue weighted by atomic mass is 10.1. The molecule has 0 aliphatic heterocycles. The number of rotatable bonds is 10. The molecule has 0 bridgehead atoms. The minimum Gasteiger partial charge on any atom is -0.383 e. The number of likely N-dealkylation sites (N-methyl/N-ethyl adjacent to an activating group) is 1. The van der Waals surface area contributed by atoms with Crippen molar-refractivity contribution in [2.75, 3.05) is 54.1 Å². The molecule has 0 fully saturated rings. The van der Waals surface area contributed by atoms with E-state index in [4.69, 9.17) is 9.47 Å². The largest absolute Gasteiger partial charge is 0.383 e. The Morgan fingerprint density at radius 1 is 1.19 bits per heavy atom. The summed E-state index contributed by atoms with van der Waals surface area (Å²) in [5.74, 6) is 0.660. The van der Waals surface area contributed by atoms with Gasteiger partial charge in [-0.05, 0) is 13.0 Å². The predicted octanol–water partition coefficient (Wildman–Crippen LogP) is 0.825. The van der Waals surface area contributed by atoms with Gasteiger partial charge in [-0.25, -0.2) is 0 Å². The lowest BCUT2D eigenvalue weighted by Gasteiger charge is -2.32. The second-order valence-electron chi connectivity index (χ2n) is 4.55. The van der Waals surface area contributed by atoms with Crippen molar-refractivity contribution in [2.45, 2.75) is 19.9 Å². The third kappa shape index (κ3) is 7.17. The standard InChI is InChI=1S/C12H28N2O2/c1-11(2)9-14(6-7-15-4)12(8-13-3)10-16-5/h11-13H,6-10H2,1-5H3. The minimum atomic E-state index is 0.424. The Labute approximate surface area is 100 Å². The van der Waals surface area contributed by atoms with Crippen LogP contribution in [-0.4, -0.2) is 65.1 Å². The highest BCUT2D eigenvalue weighted by atomic mass is 16.5. The monoisotopic (exact) mass is 232 g/mol. The summed E-state index contributed by atoms with van der Waals surface area (Å²) in [5, 5.41) is 3.22. The molecule has 0 aliphatic carbocycles. The van der Waals surface area contributed by atoms with Crippen molar-refractivity contribution in [3.63, 3.8) is 0 Å². The zero-order valence-corrected chi connectivity index (χ0v) is 11.5. The fourth-order valence-electron chi connectivity index (χ4n) is 1.82. The van der Waals surface area contributed by atoms with Crippen molar-refractivity contribution in [1.82, 2.24) is 10.2 Å². The van der Waals surface area contributed by atoms with E-state index in [1.807, 2.05) is 7.05 Å². The van der Waals surface area contributed by atoms with Crippen molar-refractivity contribution in [3.8, 4) is 0 Å². The van der Waals surface area contributed by atoms with Crippen molar-refractivity contribution < 1.29 is 9.47 Å². The average molecular weight is 232 g/mol. The Bertz CT molecular complexity index is 148. The molecule has 0 amide bonds. The smallest absolute Gasteiger partial charge is 0.0630 e. The number of nitrogens with one attached hydrogen (secondary N) is 1. The van der Waals surface area contributed by atoms with E-state index in [9.17, 15) is 0 Å². The fraction of sp³-hybridized carbons (Fsp3) is 1.00. The maximum atomic E-state index is 5.28. The van der Waals surface area contributed by atoms with Crippen molar-refractivity contribution in [2.24, 2.45) is 5.92 Å². The van der Waals surface area contributed by atoms with Crippen LogP contribution in [0.1, 0.15) is 13.8 Å². The molecule has 0 saturated heterocycles. The van der Waals surface area contributed by atoms with Crippen molar-refractivity contribution in [1.29, 1.82) is 0 Å². The van der Waals surface area contributed by atoms with E-state index in [0.29, 0.717) is 12.0 Å². The average Bonchev–Trinajstić information content (AvgIpc) is 2.23. The Morgan fingerprint density at radius 2 is 1.88 bits per heavy atom. The number of nitrogens with zero attached hydrogens (tertiary/aromatic N) is 1. The fourth-order valence-corrected chi connectivity index (χ4v) is 1.82. The van der Waals surface area contributed by atoms with Gasteiger partial charge in [0.15, 0.2) is 0 Å². The number of methoxy groups -OCH3 is 2. The van der Waals surface area contributed by atoms with Gasteiger partial charge in [0.05, 0.1) is 13.2 Å². The van der Waals surface area contributed by atoms with E-state index >= 15 is 0 Å². The molecule has 0 aromatic rings. The number of hydrogen-bond acceptors (Lipinski definition) is 4. The second kappa shape index (κ2) is 10.0. The summed E-state index contributed by atoms with van der Waals surface area (Å²) < 4.78 is 10.4. The van der Waals surface area contributed by atoms with Crippen molar-refractivity contribution >= 4 is 0 Å². The summed E-state index contributed by atoms with van der Waals surface area (Å²) in [6.45, 7) is 9.01. The van der Waals surface area contributed by atoms with Crippen LogP contribution in [0.3, 0.4) is 0 Å². The van der Waals surface area contributed by atoms with Crippen LogP contribution >= 0.6 is 0 Å². The zero-order chi connectivity index (χ0) is 12.4. The first-order chi connectivity index (χ1) is 7.65. The summed E-state index contributed by atoms with van der Waals surface area (Å²) in [5.41, 5.74) is 0. The van der Waals surface area contributed by atoms with Crippen LogP contribution < -0.4 is 5.32 Å². The highest BCUT2D eigenvalue weighted by Crippen LogP contribution is 2.05. The third-order valence-corrected chi connectivity index (χ3v) is 2.50. The van der Waals surface area contributed by atoms with E-state index in [0.717, 1.165) is 32.8 Å². The molecule has 0 saturated carbocycles. The normalized spacial score (nSPS) is 13.7. The van der Waals surface area contributed by atoms with Crippen LogP contribution in [0, 0.1) is 5.92 Å². The molecule has 1 unspecified atom stereocenters. The predicted molar refractivity (Wildman–Crippen MR) is 67.9 cm³/mol. The molecule has 98 valence electrons. The van der Waals surface area contributed by atoms with Gasteiger partial charge in [-0.15, -0.1) is 0 Å². The summed E-state index contributed by atoms with van der Waals surface area (Å²) in [4.78, 5) is 2.44. The Hall–Kier alpha value is -0.160. The number of ether oxygens (including phenoxy) is 2. The first-order valence-electron chi connectivity index (χ1n) is 6.02. The van der Waals surface area contributed by atoms with Crippen LogP contribution in [0.5, 0.6) is 0 Å². The quantitative estimate of drug-likeness (QED) is 0.605. The highest BCUT2D eigenvalue weighted by molar-refractivity contribution is 4.74. The molecule has 1 N–H and O–H groups in total. The lowest BCUT2D eigenvalue weighted by Crippen LogP contribution is -2.47. The first-order valence-corrected chi connectivity index (χ1v) is 6.02. The van der Waals surface area contributed by atoms with E-state index < -0.39 is 0 Å². The van der Waals surface area contributed by atoms with Crippen LogP contribution in [-0.2, 0) is 9.47 Å². The van der Waals surface area contributed by atoms with Crippen molar-refractivity contribution in [3.05, 3.63) is 0 Å². The van der Waals surface area contributed by atoms with Gasteiger partial charge in [0.1, 0.15) is 0 Å². The molecule has 0 spiro atoms. The number of hydrogen-bond donors (Lipinski definition) is 1. The van der Waals surface area contributed by atoms with Gasteiger partial charge in [-0.2, -0.15) is 0 Å².